The van der Waals surface area contributed by atoms with Crippen molar-refractivity contribution < 1.29 is 4.79 Å². The molecule has 5 nitrogen and oxygen atoms in total. The molecule has 4 rings (SSSR count). The standard InChI is InChI=1S/C20H24N4O/c25-19-12-16(23-20-17-9-4-10-18(17)21-14-22-20)13-24(19)11-5-8-15-6-2-1-3-7-15/h1-3,6-7,14,16H,4-5,8-13H2,(H,21,22,23). The minimum atomic E-state index is 0.156. The Morgan fingerprint density at radius 2 is 2.04 bits per heavy atom. The van der Waals surface area contributed by atoms with Gasteiger partial charge in [-0.05, 0) is 37.7 Å². The lowest BCUT2D eigenvalue weighted by Crippen LogP contribution is -2.29. The van der Waals surface area contributed by atoms with Gasteiger partial charge in [0.05, 0.1) is 6.04 Å². The summed E-state index contributed by atoms with van der Waals surface area (Å²) in [6.07, 6.45) is 7.46. The first-order valence-corrected chi connectivity index (χ1v) is 9.20. The highest BCUT2D eigenvalue weighted by atomic mass is 16.2. The lowest BCUT2D eigenvalue weighted by Gasteiger charge is -2.18. The molecule has 0 bridgehead atoms. The van der Waals surface area contributed by atoms with Gasteiger partial charge in [0, 0.05) is 30.8 Å². The number of benzene rings is 1. The van der Waals surface area contributed by atoms with Gasteiger partial charge >= 0.3 is 0 Å². The molecule has 25 heavy (non-hydrogen) atoms. The fourth-order valence-electron chi connectivity index (χ4n) is 3.88. The van der Waals surface area contributed by atoms with E-state index in [1.54, 1.807) is 6.33 Å². The number of aryl methyl sites for hydroxylation is 2. The molecule has 2 aliphatic rings. The first-order valence-electron chi connectivity index (χ1n) is 9.20. The average molecular weight is 336 g/mol. The third kappa shape index (κ3) is 3.65. The van der Waals surface area contributed by atoms with Crippen LogP contribution in [0.25, 0.3) is 0 Å². The van der Waals surface area contributed by atoms with Gasteiger partial charge in [-0.1, -0.05) is 30.3 Å². The van der Waals surface area contributed by atoms with E-state index < -0.39 is 0 Å². The van der Waals surface area contributed by atoms with E-state index >= 15 is 0 Å². The smallest absolute Gasteiger partial charge is 0.224 e. The maximum Gasteiger partial charge on any atom is 0.224 e. The lowest BCUT2D eigenvalue weighted by atomic mass is 10.1. The Morgan fingerprint density at radius 1 is 1.16 bits per heavy atom. The molecule has 1 aliphatic carbocycles. The van der Waals surface area contributed by atoms with Crippen LogP contribution in [0.5, 0.6) is 0 Å². The average Bonchev–Trinajstić information content (AvgIpc) is 3.23. The molecule has 1 aromatic heterocycles. The molecule has 2 heterocycles. The van der Waals surface area contributed by atoms with Crippen LogP contribution >= 0.6 is 0 Å². The Labute approximate surface area is 148 Å². The molecule has 1 aliphatic heterocycles. The summed E-state index contributed by atoms with van der Waals surface area (Å²) >= 11 is 0. The number of aromatic nitrogens is 2. The number of amides is 1. The Bertz CT molecular complexity index is 747. The van der Waals surface area contributed by atoms with Crippen molar-refractivity contribution in [2.75, 3.05) is 18.4 Å². The van der Waals surface area contributed by atoms with E-state index in [9.17, 15) is 4.79 Å². The van der Waals surface area contributed by atoms with Crippen LogP contribution in [0.1, 0.15) is 36.1 Å². The summed E-state index contributed by atoms with van der Waals surface area (Å²) in [7, 11) is 0. The van der Waals surface area contributed by atoms with E-state index in [4.69, 9.17) is 0 Å². The summed E-state index contributed by atoms with van der Waals surface area (Å²) in [5.41, 5.74) is 3.75. The summed E-state index contributed by atoms with van der Waals surface area (Å²) in [4.78, 5) is 23.1. The van der Waals surface area contributed by atoms with Crippen LogP contribution in [0.3, 0.4) is 0 Å². The molecule has 5 heteroatoms. The second-order valence-electron chi connectivity index (χ2n) is 6.98. The second kappa shape index (κ2) is 7.21. The molecule has 1 atom stereocenters. The van der Waals surface area contributed by atoms with Crippen molar-refractivity contribution in [3.63, 3.8) is 0 Å². The van der Waals surface area contributed by atoms with Crippen molar-refractivity contribution in [2.45, 2.75) is 44.6 Å². The largest absolute Gasteiger partial charge is 0.365 e. The summed E-state index contributed by atoms with van der Waals surface area (Å²) < 4.78 is 0. The Kier molecular flexibility index (Phi) is 4.63. The van der Waals surface area contributed by atoms with E-state index in [0.717, 1.165) is 51.0 Å². The van der Waals surface area contributed by atoms with Crippen LogP contribution in [0.15, 0.2) is 36.7 Å². The fraction of sp³-hybridized carbons (Fsp3) is 0.450. The third-order valence-electron chi connectivity index (χ3n) is 5.17. The van der Waals surface area contributed by atoms with E-state index in [1.807, 2.05) is 11.0 Å². The molecular weight excluding hydrogens is 312 g/mol. The van der Waals surface area contributed by atoms with E-state index in [2.05, 4.69) is 39.6 Å². The Hall–Kier alpha value is -2.43. The Balaban J connectivity index is 1.31. The molecule has 1 fully saturated rings. The van der Waals surface area contributed by atoms with Gasteiger partial charge < -0.3 is 10.2 Å². The maximum absolute atomic E-state index is 12.3. The predicted octanol–water partition coefficient (Wildman–Crippen LogP) is 2.61. The van der Waals surface area contributed by atoms with Gasteiger partial charge in [-0.2, -0.15) is 0 Å². The number of likely N-dealkylation sites (tertiary alicyclic amines) is 1. The van der Waals surface area contributed by atoms with Crippen molar-refractivity contribution in [3.8, 4) is 0 Å². The van der Waals surface area contributed by atoms with Gasteiger partial charge in [0.25, 0.3) is 0 Å². The molecule has 130 valence electrons. The molecule has 1 aromatic carbocycles. The highest BCUT2D eigenvalue weighted by Gasteiger charge is 2.30. The number of hydrogen-bond acceptors (Lipinski definition) is 4. The number of anilines is 1. The molecule has 1 N–H and O–H groups in total. The van der Waals surface area contributed by atoms with Crippen molar-refractivity contribution in [2.24, 2.45) is 0 Å². The third-order valence-corrected chi connectivity index (χ3v) is 5.17. The number of hydrogen-bond donors (Lipinski definition) is 1. The number of carbonyl (C=O) groups is 1. The molecular formula is C20H24N4O. The number of carbonyl (C=O) groups excluding carboxylic acids is 1. The zero-order valence-corrected chi connectivity index (χ0v) is 14.4. The predicted molar refractivity (Wildman–Crippen MR) is 97.4 cm³/mol. The SMILES string of the molecule is O=C1CC(Nc2ncnc3c2CCC3)CN1CCCc1ccccc1. The molecule has 0 radical (unpaired) electrons. The first-order chi connectivity index (χ1) is 12.3. The van der Waals surface area contributed by atoms with E-state index in [0.29, 0.717) is 6.42 Å². The first kappa shape index (κ1) is 16.1. The van der Waals surface area contributed by atoms with Gasteiger partial charge in [-0.3, -0.25) is 4.79 Å². The monoisotopic (exact) mass is 336 g/mol. The summed E-state index contributed by atoms with van der Waals surface area (Å²) in [5, 5.41) is 3.50. The zero-order chi connectivity index (χ0) is 17.1. The quantitative estimate of drug-likeness (QED) is 0.881. The number of nitrogens with one attached hydrogen (secondary N) is 1. The van der Waals surface area contributed by atoms with Gasteiger partial charge in [0.15, 0.2) is 0 Å². The van der Waals surface area contributed by atoms with Gasteiger partial charge in [-0.15, -0.1) is 0 Å². The number of rotatable bonds is 6. The maximum atomic E-state index is 12.3. The fourth-order valence-corrected chi connectivity index (χ4v) is 3.88. The van der Waals surface area contributed by atoms with Crippen molar-refractivity contribution in [1.29, 1.82) is 0 Å². The van der Waals surface area contributed by atoms with Crippen LogP contribution in [-0.2, 0) is 24.1 Å². The molecule has 1 unspecified atom stereocenters. The van der Waals surface area contributed by atoms with Gasteiger partial charge in [0.1, 0.15) is 12.1 Å². The van der Waals surface area contributed by atoms with Crippen LogP contribution in [0.4, 0.5) is 5.82 Å². The molecule has 0 saturated carbocycles. The second-order valence-corrected chi connectivity index (χ2v) is 6.98. The molecule has 1 saturated heterocycles. The van der Waals surface area contributed by atoms with Crippen molar-refractivity contribution in [1.82, 2.24) is 14.9 Å². The van der Waals surface area contributed by atoms with Crippen molar-refractivity contribution in [3.05, 3.63) is 53.5 Å². The normalized spacial score (nSPS) is 19.3. The Morgan fingerprint density at radius 3 is 2.92 bits per heavy atom. The van der Waals surface area contributed by atoms with E-state index in [-0.39, 0.29) is 11.9 Å². The number of nitrogens with zero attached hydrogens (tertiary/aromatic N) is 3. The molecule has 2 aromatic rings. The number of fused-ring (bicyclic) bond motifs is 1. The minimum absolute atomic E-state index is 0.156. The van der Waals surface area contributed by atoms with E-state index in [1.165, 1.54) is 16.8 Å². The summed E-state index contributed by atoms with van der Waals surface area (Å²) in [6.45, 7) is 1.60. The topological polar surface area (TPSA) is 58.1 Å². The van der Waals surface area contributed by atoms with Crippen molar-refractivity contribution >= 4 is 11.7 Å². The summed E-state index contributed by atoms with van der Waals surface area (Å²) in [5.74, 6) is 1.18. The lowest BCUT2D eigenvalue weighted by molar-refractivity contribution is -0.127. The molecule has 0 spiro atoms. The highest BCUT2D eigenvalue weighted by molar-refractivity contribution is 5.80. The minimum Gasteiger partial charge on any atom is -0.365 e. The zero-order valence-electron chi connectivity index (χ0n) is 14.4. The van der Waals surface area contributed by atoms with Crippen LogP contribution < -0.4 is 5.32 Å². The van der Waals surface area contributed by atoms with Gasteiger partial charge in [0.2, 0.25) is 5.91 Å². The molecule has 1 amide bonds. The van der Waals surface area contributed by atoms with Crippen LogP contribution in [0.2, 0.25) is 0 Å². The van der Waals surface area contributed by atoms with Gasteiger partial charge in [-0.25, -0.2) is 9.97 Å². The highest BCUT2D eigenvalue weighted by Crippen LogP contribution is 2.27. The summed E-state index contributed by atoms with van der Waals surface area (Å²) in [6, 6.07) is 10.6. The van der Waals surface area contributed by atoms with Crippen LogP contribution in [-0.4, -0.2) is 39.9 Å². The van der Waals surface area contributed by atoms with Crippen LogP contribution in [0, 0.1) is 0 Å².